The third-order valence-corrected chi connectivity index (χ3v) is 5.26. The van der Waals surface area contributed by atoms with Crippen LogP contribution in [0.2, 0.25) is 0 Å². The van der Waals surface area contributed by atoms with Gasteiger partial charge in [0.2, 0.25) is 0 Å². The number of nitriles is 1. The number of benzene rings is 2. The second-order valence-electron chi connectivity index (χ2n) is 7.59. The van der Waals surface area contributed by atoms with Crippen molar-refractivity contribution in [2.45, 2.75) is 31.7 Å². The highest BCUT2D eigenvalue weighted by Gasteiger charge is 2.24. The molecule has 4 rings (SSSR count). The summed E-state index contributed by atoms with van der Waals surface area (Å²) in [6.45, 7) is 1.79. The number of rotatable bonds is 8. The maximum absolute atomic E-state index is 14.2. The molecule has 26 heavy (non-hydrogen) atoms. The van der Waals surface area contributed by atoms with Crippen LogP contribution in [-0.2, 0) is 0 Å². The van der Waals surface area contributed by atoms with Crippen LogP contribution in [-0.4, -0.2) is 13.1 Å². The highest BCUT2D eigenvalue weighted by molar-refractivity contribution is 5.50. The van der Waals surface area contributed by atoms with Gasteiger partial charge in [-0.15, -0.1) is 0 Å². The first-order valence-corrected chi connectivity index (χ1v) is 9.49. The van der Waals surface area contributed by atoms with Gasteiger partial charge in [0.15, 0.2) is 0 Å². The molecule has 2 aliphatic carbocycles. The number of halogens is 1. The van der Waals surface area contributed by atoms with Crippen molar-refractivity contribution < 1.29 is 4.39 Å². The Bertz CT molecular complexity index is 818. The van der Waals surface area contributed by atoms with E-state index in [2.05, 4.69) is 16.7 Å². The molecule has 0 heterocycles. The van der Waals surface area contributed by atoms with Gasteiger partial charge in [-0.3, -0.25) is 0 Å². The van der Waals surface area contributed by atoms with Crippen molar-refractivity contribution in [3.8, 4) is 6.07 Å². The summed E-state index contributed by atoms with van der Waals surface area (Å²) in [6.07, 6.45) is 5.02. The van der Waals surface area contributed by atoms with E-state index in [0.717, 1.165) is 30.1 Å². The molecule has 2 fully saturated rings. The molecule has 2 saturated carbocycles. The van der Waals surface area contributed by atoms with Crippen molar-refractivity contribution in [2.24, 2.45) is 11.8 Å². The lowest BCUT2D eigenvalue weighted by Gasteiger charge is -2.21. The van der Waals surface area contributed by atoms with Gasteiger partial charge >= 0.3 is 0 Å². The van der Waals surface area contributed by atoms with E-state index in [-0.39, 0.29) is 11.9 Å². The van der Waals surface area contributed by atoms with E-state index in [9.17, 15) is 9.65 Å². The summed E-state index contributed by atoms with van der Waals surface area (Å²) in [6, 6.07) is 15.2. The predicted octanol–water partition coefficient (Wildman–Crippen LogP) is 4.61. The average molecular weight is 349 g/mol. The van der Waals surface area contributed by atoms with Gasteiger partial charge in [0.05, 0.1) is 23.4 Å². The Balaban J connectivity index is 1.61. The van der Waals surface area contributed by atoms with Crippen LogP contribution in [0.5, 0.6) is 0 Å². The van der Waals surface area contributed by atoms with E-state index in [1.54, 1.807) is 6.07 Å². The second-order valence-corrected chi connectivity index (χ2v) is 7.59. The van der Waals surface area contributed by atoms with Crippen molar-refractivity contribution in [3.63, 3.8) is 0 Å². The van der Waals surface area contributed by atoms with Gasteiger partial charge in [-0.2, -0.15) is 5.26 Å². The first-order chi connectivity index (χ1) is 12.7. The lowest BCUT2D eigenvalue weighted by Crippen LogP contribution is -2.25. The lowest BCUT2D eigenvalue weighted by molar-refractivity contribution is 0.571. The van der Waals surface area contributed by atoms with Crippen LogP contribution in [0.15, 0.2) is 42.5 Å². The zero-order valence-electron chi connectivity index (χ0n) is 14.8. The van der Waals surface area contributed by atoms with E-state index in [4.69, 9.17) is 0 Å². The summed E-state index contributed by atoms with van der Waals surface area (Å²) in [4.78, 5) is 0. The Morgan fingerprint density at radius 1 is 1.00 bits per heavy atom. The maximum Gasteiger partial charge on any atom is 0.146 e. The highest BCUT2D eigenvalue weighted by atomic mass is 19.1. The third kappa shape index (κ3) is 4.23. The second kappa shape index (κ2) is 7.47. The Hall–Kier alpha value is -2.38. The summed E-state index contributed by atoms with van der Waals surface area (Å²) >= 11 is 0. The van der Waals surface area contributed by atoms with Crippen molar-refractivity contribution in [1.29, 1.82) is 5.26 Å². The number of hydrogen-bond acceptors (Lipinski definition) is 3. The Labute approximate surface area is 154 Å². The van der Waals surface area contributed by atoms with Gasteiger partial charge in [-0.25, -0.2) is 4.39 Å². The van der Waals surface area contributed by atoms with Crippen molar-refractivity contribution in [1.82, 2.24) is 5.32 Å². The minimum Gasteiger partial charge on any atom is -0.382 e. The number of nitrogens with one attached hydrogen (secondary N) is 2. The SMILES string of the molecule is N#Cc1cccc(C(NCC2CC2)c2ccc(F)c(NCC3CC3)c2)c1. The molecule has 2 aromatic carbocycles. The van der Waals surface area contributed by atoms with Gasteiger partial charge in [0.1, 0.15) is 5.82 Å². The molecule has 0 aromatic heterocycles. The van der Waals surface area contributed by atoms with Gasteiger partial charge in [0.25, 0.3) is 0 Å². The standard InChI is InChI=1S/C22H24FN3/c23-20-9-8-19(11-21(20)25-13-15-4-5-15)22(26-14-16-6-7-16)18-3-1-2-17(10-18)12-24/h1-3,8-11,15-16,22,25-26H,4-7,13-14H2. The van der Waals surface area contributed by atoms with Gasteiger partial charge < -0.3 is 10.6 Å². The van der Waals surface area contributed by atoms with Gasteiger partial charge in [-0.1, -0.05) is 18.2 Å². The first-order valence-electron chi connectivity index (χ1n) is 9.49. The van der Waals surface area contributed by atoms with E-state index >= 15 is 0 Å². The molecule has 1 atom stereocenters. The van der Waals surface area contributed by atoms with E-state index in [0.29, 0.717) is 17.2 Å². The topological polar surface area (TPSA) is 47.9 Å². The van der Waals surface area contributed by atoms with Gasteiger partial charge in [-0.05, 0) is 79.5 Å². The van der Waals surface area contributed by atoms with Crippen LogP contribution in [0.4, 0.5) is 10.1 Å². The minimum atomic E-state index is -0.207. The zero-order valence-corrected chi connectivity index (χ0v) is 14.8. The average Bonchev–Trinajstić information content (AvgIpc) is 3.56. The molecule has 4 heteroatoms. The van der Waals surface area contributed by atoms with Crippen LogP contribution < -0.4 is 10.6 Å². The molecule has 1 unspecified atom stereocenters. The van der Waals surface area contributed by atoms with Crippen LogP contribution in [0, 0.1) is 29.0 Å². The van der Waals surface area contributed by atoms with Crippen molar-refractivity contribution in [3.05, 3.63) is 65.0 Å². The maximum atomic E-state index is 14.2. The Kier molecular flexibility index (Phi) is 4.90. The van der Waals surface area contributed by atoms with Gasteiger partial charge in [0, 0.05) is 6.54 Å². The minimum absolute atomic E-state index is 0.0361. The monoisotopic (exact) mass is 349 g/mol. The predicted molar refractivity (Wildman–Crippen MR) is 101 cm³/mol. The van der Waals surface area contributed by atoms with E-state index in [1.165, 1.54) is 25.7 Å². The Morgan fingerprint density at radius 2 is 1.73 bits per heavy atom. The normalized spacial score (nSPS) is 17.5. The summed E-state index contributed by atoms with van der Waals surface area (Å²) in [5.41, 5.74) is 3.30. The molecule has 0 aliphatic heterocycles. The van der Waals surface area contributed by atoms with Crippen LogP contribution in [0.25, 0.3) is 0 Å². The van der Waals surface area contributed by atoms with Crippen molar-refractivity contribution in [2.75, 3.05) is 18.4 Å². The Morgan fingerprint density at radius 3 is 2.46 bits per heavy atom. The molecule has 2 aromatic rings. The summed E-state index contributed by atoms with van der Waals surface area (Å²) in [5, 5.41) is 16.1. The quantitative estimate of drug-likeness (QED) is 0.732. The third-order valence-electron chi connectivity index (χ3n) is 5.26. The first kappa shape index (κ1) is 17.1. The molecule has 0 radical (unpaired) electrons. The molecule has 3 nitrogen and oxygen atoms in total. The molecule has 2 aliphatic rings. The fraction of sp³-hybridized carbons (Fsp3) is 0.409. The van der Waals surface area contributed by atoms with E-state index < -0.39 is 0 Å². The zero-order chi connectivity index (χ0) is 17.9. The van der Waals surface area contributed by atoms with E-state index in [1.807, 2.05) is 36.4 Å². The number of anilines is 1. The summed E-state index contributed by atoms with van der Waals surface area (Å²) in [7, 11) is 0. The fourth-order valence-corrected chi connectivity index (χ4v) is 3.26. The largest absolute Gasteiger partial charge is 0.382 e. The molecule has 0 amide bonds. The van der Waals surface area contributed by atoms with Crippen LogP contribution in [0.3, 0.4) is 0 Å². The fourth-order valence-electron chi connectivity index (χ4n) is 3.26. The van der Waals surface area contributed by atoms with Crippen LogP contribution in [0.1, 0.15) is 48.4 Å². The summed E-state index contributed by atoms with van der Waals surface area (Å²) < 4.78 is 14.2. The highest BCUT2D eigenvalue weighted by Crippen LogP contribution is 2.32. The summed E-state index contributed by atoms with van der Waals surface area (Å²) in [5.74, 6) is 1.22. The molecule has 2 N–H and O–H groups in total. The molecule has 0 spiro atoms. The molecular formula is C22H24FN3. The molecule has 0 bridgehead atoms. The smallest absolute Gasteiger partial charge is 0.146 e. The molecule has 0 saturated heterocycles. The lowest BCUT2D eigenvalue weighted by atomic mass is 9.96. The van der Waals surface area contributed by atoms with Crippen molar-refractivity contribution >= 4 is 5.69 Å². The number of nitrogens with zero attached hydrogens (tertiary/aromatic N) is 1. The molecule has 134 valence electrons. The number of hydrogen-bond donors (Lipinski definition) is 2. The molecular weight excluding hydrogens is 325 g/mol. The van der Waals surface area contributed by atoms with Crippen LogP contribution >= 0.6 is 0 Å².